The first-order chi connectivity index (χ1) is 18.8. The lowest BCUT2D eigenvalue weighted by atomic mass is 10.0. The van der Waals surface area contributed by atoms with Crippen LogP contribution in [0.4, 0.5) is 0 Å². The maximum absolute atomic E-state index is 6.05. The third-order valence-corrected chi connectivity index (χ3v) is 7.47. The second-order valence-electron chi connectivity index (χ2n) is 9.66. The van der Waals surface area contributed by atoms with E-state index in [2.05, 4.69) is 114 Å². The van der Waals surface area contributed by atoms with E-state index in [4.69, 9.17) is 9.40 Å². The summed E-state index contributed by atoms with van der Waals surface area (Å²) in [5.41, 5.74) is 8.76. The van der Waals surface area contributed by atoms with Gasteiger partial charge in [0.25, 0.3) is 0 Å². The van der Waals surface area contributed by atoms with Crippen molar-refractivity contribution in [2.45, 2.75) is 0 Å². The van der Waals surface area contributed by atoms with Crippen LogP contribution in [0.2, 0.25) is 0 Å². The highest BCUT2D eigenvalue weighted by Crippen LogP contribution is 2.37. The fourth-order valence-corrected chi connectivity index (χ4v) is 5.62. The van der Waals surface area contributed by atoms with Crippen LogP contribution < -0.4 is 0 Å². The average Bonchev–Trinajstić information content (AvgIpc) is 3.53. The Morgan fingerprint density at radius 3 is 1.95 bits per heavy atom. The molecule has 0 aliphatic rings. The second-order valence-corrected chi connectivity index (χ2v) is 9.66. The number of hydrogen-bond donors (Lipinski definition) is 0. The van der Waals surface area contributed by atoms with Crippen LogP contribution in [0.5, 0.6) is 0 Å². The summed E-state index contributed by atoms with van der Waals surface area (Å²) in [6, 6.07) is 44.6. The summed E-state index contributed by atoms with van der Waals surface area (Å²) >= 11 is 0. The average molecular weight is 487 g/mol. The molecular formula is C35H22N2O. The monoisotopic (exact) mass is 486 g/mol. The summed E-state index contributed by atoms with van der Waals surface area (Å²) in [5, 5.41) is 4.72. The Morgan fingerprint density at radius 2 is 1.11 bits per heavy atom. The number of hydrogen-bond acceptors (Lipinski definition) is 2. The van der Waals surface area contributed by atoms with E-state index >= 15 is 0 Å². The molecular weight excluding hydrogens is 464 g/mol. The third kappa shape index (κ3) is 3.19. The molecule has 3 aromatic heterocycles. The van der Waals surface area contributed by atoms with Crippen molar-refractivity contribution in [3.8, 4) is 28.1 Å². The van der Waals surface area contributed by atoms with E-state index in [1.165, 1.54) is 27.5 Å². The van der Waals surface area contributed by atoms with Crippen molar-refractivity contribution >= 4 is 43.7 Å². The minimum atomic E-state index is 0.912. The lowest BCUT2D eigenvalue weighted by Gasteiger charge is -2.09. The Morgan fingerprint density at radius 1 is 0.447 bits per heavy atom. The zero-order valence-electron chi connectivity index (χ0n) is 20.5. The highest BCUT2D eigenvalue weighted by molar-refractivity contribution is 6.11. The number of para-hydroxylation sites is 2. The third-order valence-electron chi connectivity index (χ3n) is 7.47. The van der Waals surface area contributed by atoms with Crippen molar-refractivity contribution in [2.75, 3.05) is 0 Å². The van der Waals surface area contributed by atoms with E-state index in [1.54, 1.807) is 0 Å². The van der Waals surface area contributed by atoms with Gasteiger partial charge in [-0.05, 0) is 65.2 Å². The number of nitrogens with zero attached hydrogens (tertiary/aromatic N) is 2. The minimum absolute atomic E-state index is 0.912. The summed E-state index contributed by atoms with van der Waals surface area (Å²) < 4.78 is 8.31. The predicted molar refractivity (Wildman–Crippen MR) is 157 cm³/mol. The molecule has 0 saturated carbocycles. The molecule has 0 aliphatic carbocycles. The molecule has 0 N–H and O–H groups in total. The molecule has 0 saturated heterocycles. The molecule has 38 heavy (non-hydrogen) atoms. The van der Waals surface area contributed by atoms with Crippen LogP contribution in [0.25, 0.3) is 71.8 Å². The van der Waals surface area contributed by atoms with E-state index in [0.717, 1.165) is 44.4 Å². The molecule has 0 spiro atoms. The van der Waals surface area contributed by atoms with Crippen LogP contribution in [0, 0.1) is 0 Å². The molecule has 0 amide bonds. The number of furan rings is 1. The number of pyridine rings is 1. The second kappa shape index (κ2) is 8.19. The fraction of sp³-hybridized carbons (Fsp3) is 0. The molecule has 0 aliphatic heterocycles. The maximum Gasteiger partial charge on any atom is 0.137 e. The molecule has 0 atom stereocenters. The summed E-state index contributed by atoms with van der Waals surface area (Å²) in [4.78, 5) is 4.89. The van der Waals surface area contributed by atoms with Crippen LogP contribution in [-0.2, 0) is 0 Å². The van der Waals surface area contributed by atoms with E-state index in [1.807, 2.05) is 24.4 Å². The normalized spacial score (nSPS) is 11.7. The van der Waals surface area contributed by atoms with Gasteiger partial charge < -0.3 is 4.42 Å². The van der Waals surface area contributed by atoms with Gasteiger partial charge in [-0.2, -0.15) is 0 Å². The van der Waals surface area contributed by atoms with Gasteiger partial charge in [-0.15, -0.1) is 0 Å². The molecule has 0 unspecified atom stereocenters. The van der Waals surface area contributed by atoms with Gasteiger partial charge in [0.05, 0.1) is 11.0 Å². The zero-order chi connectivity index (χ0) is 25.1. The molecule has 8 aromatic rings. The SMILES string of the molecule is c1ccc(-c2ccc(-n3c4ccccc4c4cc(-c5ccc6oc7ccccc7c6c5)ccc43)nc2)cc1. The van der Waals surface area contributed by atoms with Gasteiger partial charge in [0.1, 0.15) is 17.0 Å². The fourth-order valence-electron chi connectivity index (χ4n) is 5.62. The lowest BCUT2D eigenvalue weighted by Crippen LogP contribution is -1.97. The van der Waals surface area contributed by atoms with Gasteiger partial charge in [-0.3, -0.25) is 4.57 Å². The Balaban J connectivity index is 1.29. The number of rotatable bonds is 3. The number of aromatic nitrogens is 2. The van der Waals surface area contributed by atoms with Gasteiger partial charge in [-0.1, -0.05) is 78.9 Å². The molecule has 0 radical (unpaired) electrons. The van der Waals surface area contributed by atoms with Crippen LogP contribution in [0.1, 0.15) is 0 Å². The predicted octanol–water partition coefficient (Wildman–Crippen LogP) is 9.41. The van der Waals surface area contributed by atoms with Crippen LogP contribution in [0.15, 0.2) is 138 Å². The molecule has 0 bridgehead atoms. The first-order valence-electron chi connectivity index (χ1n) is 12.8. The Hall–Kier alpha value is -5.15. The first-order valence-corrected chi connectivity index (χ1v) is 12.8. The standard InChI is InChI=1S/C35H22N2O/c1-2-8-23(9-3-1)26-16-19-35(36-22-26)37-31-12-6-4-10-27(31)29-20-24(14-17-32(29)37)25-15-18-34-30(21-25)28-11-5-7-13-33(28)38-34/h1-22H. The quantitative estimate of drug-likeness (QED) is 0.249. The molecule has 0 fully saturated rings. The van der Waals surface area contributed by atoms with Crippen LogP contribution >= 0.6 is 0 Å². The molecule has 3 heteroatoms. The molecule has 8 rings (SSSR count). The largest absolute Gasteiger partial charge is 0.456 e. The Labute approximate surface area is 219 Å². The van der Waals surface area contributed by atoms with Gasteiger partial charge in [-0.25, -0.2) is 4.98 Å². The van der Waals surface area contributed by atoms with Gasteiger partial charge >= 0.3 is 0 Å². The van der Waals surface area contributed by atoms with Crippen LogP contribution in [-0.4, -0.2) is 9.55 Å². The van der Waals surface area contributed by atoms with E-state index in [9.17, 15) is 0 Å². The Bertz CT molecular complexity index is 2120. The molecule has 3 heterocycles. The Kier molecular flexibility index (Phi) is 4.52. The number of benzene rings is 5. The van der Waals surface area contributed by atoms with E-state index < -0.39 is 0 Å². The topological polar surface area (TPSA) is 31.0 Å². The molecule has 178 valence electrons. The van der Waals surface area contributed by atoms with E-state index in [0.29, 0.717) is 0 Å². The zero-order valence-corrected chi connectivity index (χ0v) is 20.5. The first kappa shape index (κ1) is 21.0. The van der Waals surface area contributed by atoms with E-state index in [-0.39, 0.29) is 0 Å². The van der Waals surface area contributed by atoms with Crippen molar-refractivity contribution in [3.63, 3.8) is 0 Å². The summed E-state index contributed by atoms with van der Waals surface area (Å²) in [6.45, 7) is 0. The molecule has 5 aromatic carbocycles. The van der Waals surface area contributed by atoms with Crippen LogP contribution in [0.3, 0.4) is 0 Å². The highest BCUT2D eigenvalue weighted by atomic mass is 16.3. The van der Waals surface area contributed by atoms with Gasteiger partial charge in [0.2, 0.25) is 0 Å². The lowest BCUT2D eigenvalue weighted by molar-refractivity contribution is 0.669. The summed E-state index contributed by atoms with van der Waals surface area (Å²) in [5.74, 6) is 0.912. The van der Waals surface area contributed by atoms with Crippen molar-refractivity contribution in [1.29, 1.82) is 0 Å². The minimum Gasteiger partial charge on any atom is -0.456 e. The van der Waals surface area contributed by atoms with Gasteiger partial charge in [0.15, 0.2) is 0 Å². The maximum atomic E-state index is 6.05. The smallest absolute Gasteiger partial charge is 0.137 e. The highest BCUT2D eigenvalue weighted by Gasteiger charge is 2.15. The van der Waals surface area contributed by atoms with Gasteiger partial charge in [0, 0.05) is 33.3 Å². The number of fused-ring (bicyclic) bond motifs is 6. The van der Waals surface area contributed by atoms with Crippen molar-refractivity contribution in [2.24, 2.45) is 0 Å². The molecule has 3 nitrogen and oxygen atoms in total. The van der Waals surface area contributed by atoms with Crippen molar-refractivity contribution < 1.29 is 4.42 Å². The summed E-state index contributed by atoms with van der Waals surface area (Å²) in [6.07, 6.45) is 1.96. The summed E-state index contributed by atoms with van der Waals surface area (Å²) in [7, 11) is 0. The van der Waals surface area contributed by atoms with Crippen molar-refractivity contribution in [1.82, 2.24) is 9.55 Å². The van der Waals surface area contributed by atoms with Crippen molar-refractivity contribution in [3.05, 3.63) is 134 Å².